The minimum Gasteiger partial charge on any atom is -0.481 e. The number of hydrogen-bond acceptors (Lipinski definition) is 4. The number of carbonyl (C=O) groups is 2. The summed E-state index contributed by atoms with van der Waals surface area (Å²) < 4.78 is 0. The van der Waals surface area contributed by atoms with E-state index in [4.69, 9.17) is 5.11 Å². The van der Waals surface area contributed by atoms with Gasteiger partial charge in [-0.2, -0.15) is 0 Å². The van der Waals surface area contributed by atoms with Crippen LogP contribution in [-0.2, 0) is 4.79 Å². The normalized spacial score (nSPS) is 10.0. The van der Waals surface area contributed by atoms with Crippen molar-refractivity contribution in [3.05, 3.63) is 11.1 Å². The van der Waals surface area contributed by atoms with Gasteiger partial charge in [0.2, 0.25) is 0 Å². The van der Waals surface area contributed by atoms with Crippen LogP contribution in [0.25, 0.3) is 0 Å². The van der Waals surface area contributed by atoms with Gasteiger partial charge >= 0.3 is 12.0 Å². The minimum absolute atomic E-state index is 0.0635. The second-order valence-electron chi connectivity index (χ2n) is 3.63. The first kappa shape index (κ1) is 13.4. The number of aliphatic carboxylic acids is 1. The second-order valence-corrected chi connectivity index (χ2v) is 4.86. The van der Waals surface area contributed by atoms with Crippen molar-refractivity contribution in [2.45, 2.75) is 19.8 Å². The second kappa shape index (κ2) is 6.19. The smallest absolute Gasteiger partial charge is 0.323 e. The Morgan fingerprint density at radius 2 is 2.29 bits per heavy atom. The lowest BCUT2D eigenvalue weighted by Crippen LogP contribution is -2.32. The number of carboxylic acids is 1. The molecule has 0 atom stereocenters. The molecule has 17 heavy (non-hydrogen) atoms. The van der Waals surface area contributed by atoms with Crippen LogP contribution in [0.1, 0.15) is 17.7 Å². The van der Waals surface area contributed by atoms with E-state index < -0.39 is 5.97 Å². The first-order valence-electron chi connectivity index (χ1n) is 5.15. The van der Waals surface area contributed by atoms with E-state index in [2.05, 4.69) is 10.3 Å². The third-order valence-corrected chi connectivity index (χ3v) is 2.89. The van der Waals surface area contributed by atoms with Gasteiger partial charge in [-0.25, -0.2) is 9.78 Å². The van der Waals surface area contributed by atoms with E-state index in [0.29, 0.717) is 18.1 Å². The van der Waals surface area contributed by atoms with Crippen LogP contribution in [0.2, 0.25) is 0 Å². The number of aryl methyl sites for hydroxylation is 1. The van der Waals surface area contributed by atoms with Gasteiger partial charge in [-0.1, -0.05) is 0 Å². The standard InChI is InChI=1S/C10H15N3O3S/c1-7-6-11-9(17-7)12-10(16)13(2)5-3-4-8(14)15/h6H,3-5H2,1-2H3,(H,14,15)(H,11,12,16). The van der Waals surface area contributed by atoms with Crippen LogP contribution in [0.15, 0.2) is 6.20 Å². The number of thiazole rings is 1. The van der Waals surface area contributed by atoms with Crippen LogP contribution < -0.4 is 5.32 Å². The number of hydrogen-bond donors (Lipinski definition) is 2. The van der Waals surface area contributed by atoms with Crippen molar-refractivity contribution in [3.8, 4) is 0 Å². The van der Waals surface area contributed by atoms with Gasteiger partial charge in [0.1, 0.15) is 0 Å². The molecule has 0 aromatic carbocycles. The number of carbonyl (C=O) groups excluding carboxylic acids is 1. The molecular weight excluding hydrogens is 242 g/mol. The average molecular weight is 257 g/mol. The molecule has 2 amide bonds. The van der Waals surface area contributed by atoms with Crippen LogP contribution in [0, 0.1) is 6.92 Å². The van der Waals surface area contributed by atoms with Crippen molar-refractivity contribution in [2.75, 3.05) is 18.9 Å². The molecule has 0 fully saturated rings. The molecule has 1 aromatic heterocycles. The fourth-order valence-corrected chi connectivity index (χ4v) is 1.82. The Kier molecular flexibility index (Phi) is 4.89. The van der Waals surface area contributed by atoms with Crippen molar-refractivity contribution < 1.29 is 14.7 Å². The largest absolute Gasteiger partial charge is 0.481 e. The topological polar surface area (TPSA) is 82.5 Å². The zero-order chi connectivity index (χ0) is 12.8. The molecule has 0 spiro atoms. The summed E-state index contributed by atoms with van der Waals surface area (Å²) in [6.07, 6.45) is 2.19. The van der Waals surface area contributed by atoms with Crippen LogP contribution in [-0.4, -0.2) is 40.6 Å². The quantitative estimate of drug-likeness (QED) is 0.842. The number of nitrogens with one attached hydrogen (secondary N) is 1. The molecule has 7 heteroatoms. The van der Waals surface area contributed by atoms with Crippen LogP contribution in [0.3, 0.4) is 0 Å². The van der Waals surface area contributed by atoms with Gasteiger partial charge in [0, 0.05) is 31.1 Å². The number of urea groups is 1. The summed E-state index contributed by atoms with van der Waals surface area (Å²) >= 11 is 1.40. The van der Waals surface area contributed by atoms with E-state index in [1.165, 1.54) is 16.2 Å². The van der Waals surface area contributed by atoms with E-state index in [0.717, 1.165) is 4.88 Å². The SMILES string of the molecule is Cc1cnc(NC(=O)N(C)CCCC(=O)O)s1. The average Bonchev–Trinajstić information content (AvgIpc) is 2.63. The van der Waals surface area contributed by atoms with Crippen molar-refractivity contribution >= 4 is 28.5 Å². The van der Waals surface area contributed by atoms with Crippen LogP contribution in [0.5, 0.6) is 0 Å². The van der Waals surface area contributed by atoms with E-state index in [-0.39, 0.29) is 12.5 Å². The molecule has 0 aliphatic heterocycles. The van der Waals surface area contributed by atoms with Gasteiger partial charge in [0.25, 0.3) is 0 Å². The fraction of sp³-hybridized carbons (Fsp3) is 0.500. The van der Waals surface area contributed by atoms with Gasteiger partial charge in [-0.15, -0.1) is 11.3 Å². The van der Waals surface area contributed by atoms with E-state index in [9.17, 15) is 9.59 Å². The number of amides is 2. The van der Waals surface area contributed by atoms with Gasteiger partial charge in [0.15, 0.2) is 5.13 Å². The molecular formula is C10H15N3O3S. The van der Waals surface area contributed by atoms with Crippen molar-refractivity contribution in [3.63, 3.8) is 0 Å². The maximum Gasteiger partial charge on any atom is 0.323 e. The lowest BCUT2D eigenvalue weighted by atomic mass is 10.3. The zero-order valence-electron chi connectivity index (χ0n) is 9.77. The Balaban J connectivity index is 2.34. The van der Waals surface area contributed by atoms with E-state index in [1.807, 2.05) is 6.92 Å². The molecule has 0 saturated heterocycles. The monoisotopic (exact) mass is 257 g/mol. The number of carboxylic acid groups (broad SMARTS) is 1. The Bertz CT molecular complexity index is 405. The summed E-state index contributed by atoms with van der Waals surface area (Å²) in [6, 6.07) is -0.273. The minimum atomic E-state index is -0.852. The zero-order valence-corrected chi connectivity index (χ0v) is 10.6. The first-order valence-corrected chi connectivity index (χ1v) is 5.97. The summed E-state index contributed by atoms with van der Waals surface area (Å²) in [5, 5.41) is 11.7. The third-order valence-electron chi connectivity index (χ3n) is 2.07. The molecule has 0 radical (unpaired) electrons. The van der Waals surface area contributed by atoms with Crippen molar-refractivity contribution in [2.24, 2.45) is 0 Å². The summed E-state index contributed by atoms with van der Waals surface area (Å²) in [7, 11) is 1.62. The molecule has 1 heterocycles. The molecule has 0 aliphatic carbocycles. The number of anilines is 1. The molecule has 94 valence electrons. The van der Waals surface area contributed by atoms with Crippen LogP contribution in [0.4, 0.5) is 9.93 Å². The summed E-state index contributed by atoms with van der Waals surface area (Å²) in [4.78, 5) is 28.4. The molecule has 0 unspecified atom stereocenters. The lowest BCUT2D eigenvalue weighted by molar-refractivity contribution is -0.137. The maximum absolute atomic E-state index is 11.6. The molecule has 0 bridgehead atoms. The molecule has 1 aromatic rings. The van der Waals surface area contributed by atoms with Crippen molar-refractivity contribution in [1.82, 2.24) is 9.88 Å². The number of nitrogens with zero attached hydrogens (tertiary/aromatic N) is 2. The highest BCUT2D eigenvalue weighted by molar-refractivity contribution is 7.15. The third kappa shape index (κ3) is 4.81. The van der Waals surface area contributed by atoms with Gasteiger partial charge in [0.05, 0.1) is 0 Å². The van der Waals surface area contributed by atoms with E-state index >= 15 is 0 Å². The Morgan fingerprint density at radius 1 is 1.59 bits per heavy atom. The van der Waals surface area contributed by atoms with Gasteiger partial charge in [-0.05, 0) is 13.3 Å². The summed E-state index contributed by atoms with van der Waals surface area (Å²) in [5.41, 5.74) is 0. The van der Waals surface area contributed by atoms with Crippen molar-refractivity contribution in [1.29, 1.82) is 0 Å². The highest BCUT2D eigenvalue weighted by Gasteiger charge is 2.10. The Morgan fingerprint density at radius 3 is 2.82 bits per heavy atom. The van der Waals surface area contributed by atoms with E-state index in [1.54, 1.807) is 13.2 Å². The Hall–Kier alpha value is -1.63. The number of aromatic nitrogens is 1. The predicted octanol–water partition coefficient (Wildman–Crippen LogP) is 1.78. The highest BCUT2D eigenvalue weighted by Crippen LogP contribution is 2.16. The number of rotatable bonds is 5. The molecule has 6 nitrogen and oxygen atoms in total. The predicted molar refractivity (Wildman–Crippen MR) is 65.4 cm³/mol. The van der Waals surface area contributed by atoms with Gasteiger partial charge < -0.3 is 10.0 Å². The first-order chi connectivity index (χ1) is 7.99. The molecule has 2 N–H and O–H groups in total. The molecule has 0 aliphatic rings. The summed E-state index contributed by atoms with van der Waals surface area (Å²) in [5.74, 6) is -0.852. The van der Waals surface area contributed by atoms with Gasteiger partial charge in [-0.3, -0.25) is 10.1 Å². The highest BCUT2D eigenvalue weighted by atomic mass is 32.1. The maximum atomic E-state index is 11.6. The molecule has 1 rings (SSSR count). The van der Waals surface area contributed by atoms with Crippen LogP contribution >= 0.6 is 11.3 Å². The molecule has 0 saturated carbocycles. The Labute approximate surface area is 103 Å². The summed E-state index contributed by atoms with van der Waals surface area (Å²) in [6.45, 7) is 2.31. The fourth-order valence-electron chi connectivity index (χ4n) is 1.17. The lowest BCUT2D eigenvalue weighted by Gasteiger charge is -2.16.